The van der Waals surface area contributed by atoms with Gasteiger partial charge in [0.15, 0.2) is 0 Å². The molecule has 0 amide bonds. The Hall–Kier alpha value is -0.0800. The molecule has 6 heavy (non-hydrogen) atoms. The third kappa shape index (κ3) is 39.5. The number of hydrogen-bond acceptors (Lipinski definition) is 2. The lowest BCUT2D eigenvalue weighted by molar-refractivity contribution is 1.50. The van der Waals surface area contributed by atoms with Gasteiger partial charge in [0.05, 0.1) is 0 Å². The topological polar surface area (TPSA) is 52.0 Å². The summed E-state index contributed by atoms with van der Waals surface area (Å²) in [6.45, 7) is 0. The van der Waals surface area contributed by atoms with Crippen LogP contribution in [0.4, 0.5) is 0 Å². The van der Waals surface area contributed by atoms with E-state index in [1.807, 2.05) is 0 Å². The van der Waals surface area contributed by atoms with Crippen LogP contribution >= 0.6 is 24.8 Å². The number of hydrogen-bond donors (Lipinski definition) is 2. The van der Waals surface area contributed by atoms with Gasteiger partial charge in [-0.3, -0.25) is 0 Å². The average molecular weight is 131 g/mol. The second kappa shape index (κ2) is 20.5. The molecule has 40 valence electrons. The van der Waals surface area contributed by atoms with Crippen molar-refractivity contribution in [1.29, 1.82) is 0 Å². The Morgan fingerprint density at radius 2 is 1.00 bits per heavy atom. The van der Waals surface area contributed by atoms with Gasteiger partial charge in [0.2, 0.25) is 0 Å². The van der Waals surface area contributed by atoms with E-state index < -0.39 is 0 Å². The van der Waals surface area contributed by atoms with E-state index in [1.165, 1.54) is 12.4 Å². The van der Waals surface area contributed by atoms with Gasteiger partial charge >= 0.3 is 0 Å². The van der Waals surface area contributed by atoms with Crippen LogP contribution in [0, 0.1) is 0 Å². The second-order valence-electron chi connectivity index (χ2n) is 0.385. The Bertz CT molecular complexity index is 24.7. The maximum atomic E-state index is 4.72. The zero-order valence-electron chi connectivity index (χ0n) is 3.13. The van der Waals surface area contributed by atoms with Crippen LogP contribution in [-0.2, 0) is 0 Å². The highest BCUT2D eigenvalue weighted by Gasteiger charge is 1.30. The molecule has 4 heteroatoms. The molecule has 0 aromatic rings. The summed E-state index contributed by atoms with van der Waals surface area (Å²) in [6.07, 6.45) is 2.56. The lowest BCUT2D eigenvalue weighted by Gasteiger charge is -1.56. The van der Waals surface area contributed by atoms with Crippen LogP contribution < -0.4 is 11.5 Å². The van der Waals surface area contributed by atoms with Crippen molar-refractivity contribution >= 4 is 24.8 Å². The summed E-state index contributed by atoms with van der Waals surface area (Å²) in [5.74, 6) is 0. The first-order valence-electron chi connectivity index (χ1n) is 1.00. The molecule has 0 radical (unpaired) electrons. The van der Waals surface area contributed by atoms with Gasteiger partial charge in [0.1, 0.15) is 0 Å². The molecule has 2 nitrogen and oxygen atoms in total. The van der Waals surface area contributed by atoms with Crippen molar-refractivity contribution in [3.63, 3.8) is 0 Å². The molecule has 0 rings (SSSR count). The molecule has 0 atom stereocenters. The smallest absolute Gasteiger partial charge is 0.00957 e. The van der Waals surface area contributed by atoms with Gasteiger partial charge < -0.3 is 11.5 Å². The molecule has 0 heterocycles. The SMILES string of the molecule is Cl.Cl.N/C=C/N. The summed E-state index contributed by atoms with van der Waals surface area (Å²) in [4.78, 5) is 0. The minimum Gasteiger partial charge on any atom is -0.403 e. The summed E-state index contributed by atoms with van der Waals surface area (Å²) in [5, 5.41) is 0. The van der Waals surface area contributed by atoms with E-state index in [2.05, 4.69) is 0 Å². The van der Waals surface area contributed by atoms with E-state index in [-0.39, 0.29) is 24.8 Å². The fourth-order valence-electron chi connectivity index (χ4n) is 0. The van der Waals surface area contributed by atoms with E-state index in [4.69, 9.17) is 11.5 Å². The monoisotopic (exact) mass is 130 g/mol. The predicted octanol–water partition coefficient (Wildman–Crippen LogP) is 0.219. The lowest BCUT2D eigenvalue weighted by atomic mass is 11.0. The molecule has 0 unspecified atom stereocenters. The van der Waals surface area contributed by atoms with Crippen molar-refractivity contribution < 1.29 is 0 Å². The van der Waals surface area contributed by atoms with Crippen LogP contribution in [0.1, 0.15) is 0 Å². The molecule has 0 aliphatic rings. The van der Waals surface area contributed by atoms with Crippen LogP contribution in [0.25, 0.3) is 0 Å². The summed E-state index contributed by atoms with van der Waals surface area (Å²) in [7, 11) is 0. The van der Waals surface area contributed by atoms with Gasteiger partial charge in [0, 0.05) is 12.4 Å². The summed E-state index contributed by atoms with van der Waals surface area (Å²) >= 11 is 0. The molecule has 4 N–H and O–H groups in total. The molecule has 0 fully saturated rings. The number of halogens is 2. The molecule has 0 aliphatic heterocycles. The Morgan fingerprint density at radius 3 is 1.00 bits per heavy atom. The lowest BCUT2D eigenvalue weighted by Crippen LogP contribution is -1.81. The number of rotatable bonds is 0. The van der Waals surface area contributed by atoms with E-state index in [1.54, 1.807) is 0 Å². The second-order valence-corrected chi connectivity index (χ2v) is 0.385. The molecule has 0 saturated carbocycles. The van der Waals surface area contributed by atoms with E-state index in [0.29, 0.717) is 0 Å². The fourth-order valence-corrected chi connectivity index (χ4v) is 0. The summed E-state index contributed by atoms with van der Waals surface area (Å²) < 4.78 is 0. The van der Waals surface area contributed by atoms with Crippen molar-refractivity contribution in [1.82, 2.24) is 0 Å². The molecule has 0 aromatic heterocycles. The van der Waals surface area contributed by atoms with E-state index in [0.717, 1.165) is 0 Å². The van der Waals surface area contributed by atoms with E-state index >= 15 is 0 Å². The quantitative estimate of drug-likeness (QED) is 0.494. The van der Waals surface area contributed by atoms with Crippen molar-refractivity contribution in [2.24, 2.45) is 11.5 Å². The number of nitrogens with two attached hydrogens (primary N) is 2. The maximum absolute atomic E-state index is 4.72. The van der Waals surface area contributed by atoms with Crippen molar-refractivity contribution in [3.05, 3.63) is 12.4 Å². The third-order valence-electron chi connectivity index (χ3n) is 0.111. The standard InChI is InChI=1S/C2H6N2.2ClH/c3-1-2-4;;/h1-2H,3-4H2;2*1H/b2-1+;;. The highest BCUT2D eigenvalue weighted by molar-refractivity contribution is 5.85. The third-order valence-corrected chi connectivity index (χ3v) is 0.111. The largest absolute Gasteiger partial charge is 0.403 e. The Kier molecular flexibility index (Phi) is 57.4. The van der Waals surface area contributed by atoms with E-state index in [9.17, 15) is 0 Å². The first kappa shape index (κ1) is 16.8. The first-order valence-corrected chi connectivity index (χ1v) is 1.00. The van der Waals surface area contributed by atoms with Gasteiger partial charge in [-0.1, -0.05) is 0 Å². The highest BCUT2D eigenvalue weighted by atomic mass is 35.5. The van der Waals surface area contributed by atoms with Crippen LogP contribution in [0.15, 0.2) is 12.4 Å². The predicted molar refractivity (Wildman–Crippen MR) is 32.0 cm³/mol. The van der Waals surface area contributed by atoms with Crippen molar-refractivity contribution in [2.75, 3.05) is 0 Å². The molecular weight excluding hydrogens is 123 g/mol. The fraction of sp³-hybridized carbons (Fsp3) is 0. The van der Waals surface area contributed by atoms with Gasteiger partial charge in [-0.05, 0) is 0 Å². The van der Waals surface area contributed by atoms with Crippen molar-refractivity contribution in [2.45, 2.75) is 0 Å². The normalized spacial score (nSPS) is 6.00. The van der Waals surface area contributed by atoms with Crippen LogP contribution in [0.5, 0.6) is 0 Å². The maximum Gasteiger partial charge on any atom is 0.00957 e. The first-order chi connectivity index (χ1) is 1.91. The summed E-state index contributed by atoms with van der Waals surface area (Å²) in [6, 6.07) is 0. The van der Waals surface area contributed by atoms with Crippen molar-refractivity contribution in [3.8, 4) is 0 Å². The van der Waals surface area contributed by atoms with Gasteiger partial charge in [-0.2, -0.15) is 0 Å². The van der Waals surface area contributed by atoms with Crippen LogP contribution in [0.2, 0.25) is 0 Å². The molecule has 0 aliphatic carbocycles. The zero-order valence-corrected chi connectivity index (χ0v) is 4.76. The molecular formula is C2H8Cl2N2. The van der Waals surface area contributed by atoms with Gasteiger partial charge in [-0.15, -0.1) is 24.8 Å². The summed E-state index contributed by atoms with van der Waals surface area (Å²) in [5.41, 5.74) is 9.44. The van der Waals surface area contributed by atoms with Gasteiger partial charge in [0.25, 0.3) is 0 Å². The van der Waals surface area contributed by atoms with Gasteiger partial charge in [-0.25, -0.2) is 0 Å². The molecule has 0 spiro atoms. The molecule has 0 bridgehead atoms. The molecule has 0 aromatic carbocycles. The average Bonchev–Trinajstić information content (AvgIpc) is 1.37. The van der Waals surface area contributed by atoms with Crippen LogP contribution in [-0.4, -0.2) is 0 Å². The Labute approximate surface area is 49.4 Å². The Morgan fingerprint density at radius 1 is 0.833 bits per heavy atom. The Balaban J connectivity index is -0.0000000450. The molecule has 0 saturated heterocycles. The van der Waals surface area contributed by atoms with Crippen LogP contribution in [0.3, 0.4) is 0 Å². The minimum absolute atomic E-state index is 0. The highest BCUT2D eigenvalue weighted by Crippen LogP contribution is 1.30. The minimum atomic E-state index is 0. The zero-order chi connectivity index (χ0) is 3.41.